The van der Waals surface area contributed by atoms with Gasteiger partial charge in [-0.15, -0.1) is 0 Å². The van der Waals surface area contributed by atoms with E-state index in [1.165, 1.54) is 38.6 Å². The minimum atomic E-state index is 0.135. The molecule has 1 heterocycles. The highest BCUT2D eigenvalue weighted by Gasteiger charge is 2.33. The maximum absolute atomic E-state index is 3.88. The van der Waals surface area contributed by atoms with Crippen LogP contribution in [0.3, 0.4) is 0 Å². The van der Waals surface area contributed by atoms with Gasteiger partial charge in [-0.05, 0) is 62.9 Å². The van der Waals surface area contributed by atoms with Crippen LogP contribution < -0.4 is 5.32 Å². The molecule has 0 aromatic rings. The molecule has 0 radical (unpaired) electrons. The van der Waals surface area contributed by atoms with Crippen LogP contribution in [0.5, 0.6) is 0 Å². The molecule has 2 rings (SSSR count). The van der Waals surface area contributed by atoms with Gasteiger partial charge in [-0.25, -0.2) is 0 Å². The zero-order valence-corrected chi connectivity index (χ0v) is 14.2. The van der Waals surface area contributed by atoms with Crippen molar-refractivity contribution >= 4 is 9.52 Å². The van der Waals surface area contributed by atoms with E-state index in [2.05, 4.69) is 32.6 Å². The summed E-state index contributed by atoms with van der Waals surface area (Å²) in [5.41, 5.74) is 4.52. The highest BCUT2D eigenvalue weighted by Crippen LogP contribution is 2.37. The Morgan fingerprint density at radius 2 is 1.94 bits per heavy atom. The molecule has 104 valence electrons. The van der Waals surface area contributed by atoms with Gasteiger partial charge in [-0.2, -0.15) is 0 Å². The summed E-state index contributed by atoms with van der Waals surface area (Å²) in [5.74, 6) is 1.85. The second-order valence-corrected chi connectivity index (χ2v) is 8.65. The van der Waals surface area contributed by atoms with Gasteiger partial charge < -0.3 is 5.32 Å². The SMILES string of the molecule is C[SiH2]C1CNC(C2=C(C)CCCC2)CC1C(C)C. The van der Waals surface area contributed by atoms with Gasteiger partial charge in [0.2, 0.25) is 0 Å². The zero-order valence-electron chi connectivity index (χ0n) is 12.8. The molecule has 2 aliphatic rings. The van der Waals surface area contributed by atoms with E-state index in [0.29, 0.717) is 0 Å². The van der Waals surface area contributed by atoms with Gasteiger partial charge in [0, 0.05) is 15.6 Å². The summed E-state index contributed by atoms with van der Waals surface area (Å²) >= 11 is 0. The topological polar surface area (TPSA) is 12.0 Å². The molecule has 1 nitrogen and oxygen atoms in total. The average molecular weight is 266 g/mol. The number of hydrogen-bond donors (Lipinski definition) is 1. The molecule has 1 N–H and O–H groups in total. The molecule has 18 heavy (non-hydrogen) atoms. The lowest BCUT2D eigenvalue weighted by molar-refractivity contribution is 0.254. The van der Waals surface area contributed by atoms with Crippen LogP contribution >= 0.6 is 0 Å². The van der Waals surface area contributed by atoms with Gasteiger partial charge in [0.05, 0.1) is 0 Å². The predicted molar refractivity (Wildman–Crippen MR) is 84.1 cm³/mol. The van der Waals surface area contributed by atoms with E-state index in [4.69, 9.17) is 0 Å². The fourth-order valence-electron chi connectivity index (χ4n) is 4.07. The molecular formula is C16H31NSi. The standard InChI is InChI=1S/C16H31NSi/c1-11(2)14-9-15(17-10-16(14)18-4)13-8-6-5-7-12(13)3/h11,14-17H,5-10,18H2,1-4H3. The Morgan fingerprint density at radius 1 is 1.22 bits per heavy atom. The lowest BCUT2D eigenvalue weighted by Crippen LogP contribution is -2.45. The van der Waals surface area contributed by atoms with E-state index in [-0.39, 0.29) is 9.52 Å². The molecule has 1 aliphatic carbocycles. The van der Waals surface area contributed by atoms with E-state index in [1.807, 2.05) is 0 Å². The summed E-state index contributed by atoms with van der Waals surface area (Å²) in [6, 6.07) is 0.717. The van der Waals surface area contributed by atoms with Crippen molar-refractivity contribution in [2.75, 3.05) is 6.54 Å². The third-order valence-corrected chi connectivity index (χ3v) is 7.28. The van der Waals surface area contributed by atoms with Gasteiger partial charge in [0.25, 0.3) is 0 Å². The van der Waals surface area contributed by atoms with E-state index in [9.17, 15) is 0 Å². The number of allylic oxidation sites excluding steroid dienone is 1. The van der Waals surface area contributed by atoms with Crippen molar-refractivity contribution in [3.05, 3.63) is 11.1 Å². The fourth-order valence-corrected chi connectivity index (χ4v) is 5.87. The minimum absolute atomic E-state index is 0.135. The van der Waals surface area contributed by atoms with E-state index >= 15 is 0 Å². The van der Waals surface area contributed by atoms with Crippen LogP contribution in [0.2, 0.25) is 12.1 Å². The molecular weight excluding hydrogens is 234 g/mol. The van der Waals surface area contributed by atoms with Crippen molar-refractivity contribution in [1.29, 1.82) is 0 Å². The van der Waals surface area contributed by atoms with Crippen LogP contribution in [0.15, 0.2) is 11.1 Å². The molecule has 1 fully saturated rings. The van der Waals surface area contributed by atoms with Crippen LogP contribution in [-0.2, 0) is 0 Å². The molecule has 0 saturated carbocycles. The molecule has 1 aliphatic heterocycles. The highest BCUT2D eigenvalue weighted by molar-refractivity contribution is 6.36. The predicted octanol–water partition coefficient (Wildman–Crippen LogP) is 3.52. The van der Waals surface area contributed by atoms with Gasteiger partial charge in [0.1, 0.15) is 0 Å². The summed E-state index contributed by atoms with van der Waals surface area (Å²) in [5, 5.41) is 3.88. The molecule has 0 bridgehead atoms. The first-order chi connectivity index (χ1) is 8.63. The molecule has 3 atom stereocenters. The monoisotopic (exact) mass is 265 g/mol. The van der Waals surface area contributed by atoms with Crippen molar-refractivity contribution in [1.82, 2.24) is 5.32 Å². The van der Waals surface area contributed by atoms with E-state index < -0.39 is 0 Å². The normalized spacial score (nSPS) is 34.8. The summed E-state index contributed by atoms with van der Waals surface area (Å²) in [6.45, 7) is 11.0. The van der Waals surface area contributed by atoms with Crippen molar-refractivity contribution in [3.63, 3.8) is 0 Å². The molecule has 0 spiro atoms. The largest absolute Gasteiger partial charge is 0.310 e. The molecule has 2 heteroatoms. The minimum Gasteiger partial charge on any atom is -0.310 e. The van der Waals surface area contributed by atoms with Crippen LogP contribution in [0, 0.1) is 11.8 Å². The Morgan fingerprint density at radius 3 is 2.56 bits per heavy atom. The molecule has 1 saturated heterocycles. The summed E-state index contributed by atoms with van der Waals surface area (Å²) in [4.78, 5) is 0. The Kier molecular flexibility index (Phi) is 5.08. The fraction of sp³-hybridized carbons (Fsp3) is 0.875. The van der Waals surface area contributed by atoms with Crippen LogP contribution in [0.25, 0.3) is 0 Å². The van der Waals surface area contributed by atoms with E-state index in [1.54, 1.807) is 11.1 Å². The van der Waals surface area contributed by atoms with E-state index in [0.717, 1.165) is 23.4 Å². The third-order valence-electron chi connectivity index (χ3n) is 5.34. The first kappa shape index (κ1) is 14.3. The van der Waals surface area contributed by atoms with Gasteiger partial charge in [-0.1, -0.05) is 31.5 Å². The number of hydrogen-bond acceptors (Lipinski definition) is 1. The summed E-state index contributed by atoms with van der Waals surface area (Å²) in [7, 11) is 0.135. The number of nitrogens with one attached hydrogen (secondary N) is 1. The maximum Gasteiger partial charge on any atom is 0.0284 e. The van der Waals surface area contributed by atoms with Crippen molar-refractivity contribution < 1.29 is 0 Å². The maximum atomic E-state index is 3.88. The van der Waals surface area contributed by atoms with Crippen LogP contribution in [0.4, 0.5) is 0 Å². The first-order valence-electron chi connectivity index (χ1n) is 8.05. The van der Waals surface area contributed by atoms with Crippen molar-refractivity contribution in [2.24, 2.45) is 11.8 Å². The van der Waals surface area contributed by atoms with Gasteiger partial charge in [-0.3, -0.25) is 0 Å². The van der Waals surface area contributed by atoms with Crippen LogP contribution in [-0.4, -0.2) is 22.1 Å². The van der Waals surface area contributed by atoms with Gasteiger partial charge in [0.15, 0.2) is 0 Å². The summed E-state index contributed by atoms with van der Waals surface area (Å²) < 4.78 is 0. The average Bonchev–Trinajstić information content (AvgIpc) is 2.38. The lowest BCUT2D eigenvalue weighted by atomic mass is 9.78. The van der Waals surface area contributed by atoms with Crippen molar-refractivity contribution in [3.8, 4) is 0 Å². The Balaban J connectivity index is 2.08. The van der Waals surface area contributed by atoms with Crippen molar-refractivity contribution in [2.45, 2.75) is 71.0 Å². The molecule has 0 aromatic heterocycles. The Labute approximate surface area is 116 Å². The van der Waals surface area contributed by atoms with Gasteiger partial charge >= 0.3 is 0 Å². The quantitative estimate of drug-likeness (QED) is 0.608. The smallest absolute Gasteiger partial charge is 0.0284 e. The zero-order chi connectivity index (χ0) is 13.1. The molecule has 0 aromatic carbocycles. The summed E-state index contributed by atoms with van der Waals surface area (Å²) in [6.07, 6.45) is 6.97. The number of rotatable bonds is 3. The second-order valence-electron chi connectivity index (χ2n) is 6.79. The third kappa shape index (κ3) is 3.08. The Bertz CT molecular complexity index is 308. The highest BCUT2D eigenvalue weighted by atomic mass is 28.2. The Hall–Kier alpha value is -0.0831. The number of piperidine rings is 1. The first-order valence-corrected chi connectivity index (χ1v) is 10.3. The van der Waals surface area contributed by atoms with Crippen LogP contribution in [0.1, 0.15) is 52.9 Å². The molecule has 0 amide bonds. The lowest BCUT2D eigenvalue weighted by Gasteiger charge is -2.41. The molecule has 3 unspecified atom stereocenters. The second kappa shape index (κ2) is 6.38.